The molecule has 0 unspecified atom stereocenters. The summed E-state index contributed by atoms with van der Waals surface area (Å²) in [5.74, 6) is 0. The molecule has 0 saturated heterocycles. The van der Waals surface area contributed by atoms with Crippen LogP contribution in [0.1, 0.15) is 0 Å². The standard InChI is InChI=1S/C12H8N2.C2H3N3/c1-2-6-10-9(5-1)13-11-7-3-4-8-12(11)14-10;1-2-4-5-3-1/h1-8H;1-2H,(H,3,4,5). The summed E-state index contributed by atoms with van der Waals surface area (Å²) in [5, 5.41) is 9.26. The molecule has 4 rings (SSSR count). The second-order valence-electron chi connectivity index (χ2n) is 3.86. The van der Waals surface area contributed by atoms with E-state index in [0.717, 1.165) is 22.1 Å². The van der Waals surface area contributed by atoms with Gasteiger partial charge in [0.15, 0.2) is 0 Å². The Morgan fingerprint density at radius 3 is 1.42 bits per heavy atom. The molecule has 0 bridgehead atoms. The molecule has 0 aliphatic rings. The quantitative estimate of drug-likeness (QED) is 0.486. The van der Waals surface area contributed by atoms with Crippen LogP contribution in [-0.4, -0.2) is 25.4 Å². The number of para-hydroxylation sites is 4. The lowest BCUT2D eigenvalue weighted by Gasteiger charge is -1.98. The molecule has 19 heavy (non-hydrogen) atoms. The van der Waals surface area contributed by atoms with Crippen LogP contribution in [0.25, 0.3) is 22.1 Å². The number of fused-ring (bicyclic) bond motifs is 2. The van der Waals surface area contributed by atoms with Crippen molar-refractivity contribution < 1.29 is 0 Å². The third-order valence-corrected chi connectivity index (χ3v) is 2.58. The van der Waals surface area contributed by atoms with Crippen LogP contribution in [0.2, 0.25) is 0 Å². The second kappa shape index (κ2) is 5.22. The molecule has 0 saturated carbocycles. The highest BCUT2D eigenvalue weighted by Crippen LogP contribution is 2.14. The highest BCUT2D eigenvalue weighted by molar-refractivity contribution is 5.85. The topological polar surface area (TPSA) is 67.3 Å². The molecule has 5 nitrogen and oxygen atoms in total. The molecule has 0 fully saturated rings. The average Bonchev–Trinajstić information content (AvgIpc) is 3.04. The van der Waals surface area contributed by atoms with E-state index in [1.54, 1.807) is 12.4 Å². The normalized spacial score (nSPS) is 10.1. The Bertz CT molecular complexity index is 658. The minimum Gasteiger partial charge on any atom is -0.266 e. The molecular weight excluding hydrogens is 238 g/mol. The van der Waals surface area contributed by atoms with Crippen molar-refractivity contribution in [1.82, 2.24) is 25.4 Å². The largest absolute Gasteiger partial charge is 0.266 e. The van der Waals surface area contributed by atoms with Gasteiger partial charge in [-0.05, 0) is 24.3 Å². The zero-order chi connectivity index (χ0) is 12.9. The predicted octanol–water partition coefficient (Wildman–Crippen LogP) is 2.59. The summed E-state index contributed by atoms with van der Waals surface area (Å²) >= 11 is 0. The number of hydrogen-bond donors (Lipinski definition) is 1. The SMILES string of the molecule is c1c[nH]nn1.c1ccc2nc3ccccc3nc2c1. The Labute approximate surface area is 109 Å². The first kappa shape index (κ1) is 11.3. The number of rotatable bonds is 0. The summed E-state index contributed by atoms with van der Waals surface area (Å²) < 4.78 is 0. The first-order valence-corrected chi connectivity index (χ1v) is 5.85. The van der Waals surface area contributed by atoms with E-state index in [0.29, 0.717) is 0 Å². The third kappa shape index (κ3) is 2.55. The van der Waals surface area contributed by atoms with Gasteiger partial charge in [-0.1, -0.05) is 29.5 Å². The summed E-state index contributed by atoms with van der Waals surface area (Å²) in [6.07, 6.45) is 3.24. The summed E-state index contributed by atoms with van der Waals surface area (Å²) in [7, 11) is 0. The van der Waals surface area contributed by atoms with Crippen molar-refractivity contribution in [3.05, 3.63) is 60.9 Å². The Morgan fingerprint density at radius 1 is 0.684 bits per heavy atom. The lowest BCUT2D eigenvalue weighted by molar-refractivity contribution is 0.940. The van der Waals surface area contributed by atoms with Crippen LogP contribution >= 0.6 is 0 Å². The lowest BCUT2D eigenvalue weighted by atomic mass is 10.2. The van der Waals surface area contributed by atoms with Crippen molar-refractivity contribution in [3.63, 3.8) is 0 Å². The monoisotopic (exact) mass is 249 g/mol. The maximum Gasteiger partial charge on any atom is 0.0894 e. The van der Waals surface area contributed by atoms with Gasteiger partial charge in [-0.25, -0.2) is 9.97 Å². The number of aromatic nitrogens is 5. The van der Waals surface area contributed by atoms with Crippen LogP contribution in [0.15, 0.2) is 60.9 Å². The van der Waals surface area contributed by atoms with E-state index in [2.05, 4.69) is 25.4 Å². The average molecular weight is 249 g/mol. The van der Waals surface area contributed by atoms with Crippen molar-refractivity contribution >= 4 is 22.1 Å². The first-order chi connectivity index (χ1) is 9.43. The molecule has 0 atom stereocenters. The van der Waals surface area contributed by atoms with E-state index in [1.165, 1.54) is 0 Å². The van der Waals surface area contributed by atoms with Crippen molar-refractivity contribution in [3.8, 4) is 0 Å². The Morgan fingerprint density at radius 2 is 1.16 bits per heavy atom. The van der Waals surface area contributed by atoms with Crippen molar-refractivity contribution in [1.29, 1.82) is 0 Å². The van der Waals surface area contributed by atoms with E-state index >= 15 is 0 Å². The van der Waals surface area contributed by atoms with Gasteiger partial charge in [0.05, 0.1) is 28.3 Å². The highest BCUT2D eigenvalue weighted by atomic mass is 15.3. The number of benzene rings is 2. The molecule has 0 aliphatic carbocycles. The fraction of sp³-hybridized carbons (Fsp3) is 0. The molecule has 2 aromatic heterocycles. The number of nitrogens with zero attached hydrogens (tertiary/aromatic N) is 4. The van der Waals surface area contributed by atoms with Gasteiger partial charge >= 0.3 is 0 Å². The van der Waals surface area contributed by atoms with Gasteiger partial charge in [-0.3, -0.25) is 5.10 Å². The number of hydrogen-bond acceptors (Lipinski definition) is 4. The van der Waals surface area contributed by atoms with E-state index in [-0.39, 0.29) is 0 Å². The molecule has 0 amide bonds. The summed E-state index contributed by atoms with van der Waals surface area (Å²) in [6, 6.07) is 15.8. The molecule has 0 radical (unpaired) electrons. The first-order valence-electron chi connectivity index (χ1n) is 5.85. The van der Waals surface area contributed by atoms with Crippen LogP contribution in [0.4, 0.5) is 0 Å². The molecule has 92 valence electrons. The fourth-order valence-electron chi connectivity index (χ4n) is 1.73. The maximum absolute atomic E-state index is 4.52. The Balaban J connectivity index is 0.000000187. The van der Waals surface area contributed by atoms with Gasteiger partial charge < -0.3 is 0 Å². The van der Waals surface area contributed by atoms with Gasteiger partial charge in [0.25, 0.3) is 0 Å². The summed E-state index contributed by atoms with van der Waals surface area (Å²) in [6.45, 7) is 0. The van der Waals surface area contributed by atoms with Gasteiger partial charge in [0, 0.05) is 6.20 Å². The summed E-state index contributed by atoms with van der Waals surface area (Å²) in [5.41, 5.74) is 3.80. The second-order valence-corrected chi connectivity index (χ2v) is 3.86. The smallest absolute Gasteiger partial charge is 0.0894 e. The predicted molar refractivity (Wildman–Crippen MR) is 73.4 cm³/mol. The van der Waals surface area contributed by atoms with Gasteiger partial charge in [0.1, 0.15) is 0 Å². The number of aromatic amines is 1. The molecule has 5 heteroatoms. The minimum atomic E-state index is 0.950. The number of H-pyrrole nitrogens is 1. The fourth-order valence-corrected chi connectivity index (χ4v) is 1.73. The van der Waals surface area contributed by atoms with Crippen molar-refractivity contribution in [2.45, 2.75) is 0 Å². The molecular formula is C14H11N5. The lowest BCUT2D eigenvalue weighted by Crippen LogP contribution is -1.85. The van der Waals surface area contributed by atoms with E-state index in [4.69, 9.17) is 0 Å². The highest BCUT2D eigenvalue weighted by Gasteiger charge is 1.98. The zero-order valence-electron chi connectivity index (χ0n) is 10.1. The van der Waals surface area contributed by atoms with E-state index < -0.39 is 0 Å². The van der Waals surface area contributed by atoms with E-state index in [9.17, 15) is 0 Å². The molecule has 0 spiro atoms. The van der Waals surface area contributed by atoms with Crippen LogP contribution in [0.5, 0.6) is 0 Å². The van der Waals surface area contributed by atoms with Crippen molar-refractivity contribution in [2.24, 2.45) is 0 Å². The van der Waals surface area contributed by atoms with Gasteiger partial charge in [0.2, 0.25) is 0 Å². The van der Waals surface area contributed by atoms with Crippen LogP contribution in [0.3, 0.4) is 0 Å². The minimum absolute atomic E-state index is 0.950. The molecule has 1 N–H and O–H groups in total. The molecule has 0 aliphatic heterocycles. The molecule has 4 aromatic rings. The summed E-state index contributed by atoms with van der Waals surface area (Å²) in [4.78, 5) is 9.03. The van der Waals surface area contributed by atoms with Gasteiger partial charge in [-0.2, -0.15) is 0 Å². The van der Waals surface area contributed by atoms with Crippen LogP contribution < -0.4 is 0 Å². The Hall–Kier alpha value is -2.82. The number of nitrogens with one attached hydrogen (secondary N) is 1. The van der Waals surface area contributed by atoms with E-state index in [1.807, 2.05) is 48.5 Å². The third-order valence-electron chi connectivity index (χ3n) is 2.58. The molecule has 2 heterocycles. The van der Waals surface area contributed by atoms with Gasteiger partial charge in [-0.15, -0.1) is 5.10 Å². The molecule has 2 aromatic carbocycles. The van der Waals surface area contributed by atoms with Crippen LogP contribution in [-0.2, 0) is 0 Å². The van der Waals surface area contributed by atoms with Crippen molar-refractivity contribution in [2.75, 3.05) is 0 Å². The zero-order valence-corrected chi connectivity index (χ0v) is 10.1. The maximum atomic E-state index is 4.52. The Kier molecular flexibility index (Phi) is 3.10. The van der Waals surface area contributed by atoms with Crippen LogP contribution in [0, 0.1) is 0 Å².